The summed E-state index contributed by atoms with van der Waals surface area (Å²) in [6.45, 7) is 1.61. The molecular formula is C13H15NO3. The van der Waals surface area contributed by atoms with Crippen LogP contribution in [0.3, 0.4) is 0 Å². The molecule has 0 amide bonds. The van der Waals surface area contributed by atoms with Crippen molar-refractivity contribution in [3.8, 4) is 0 Å². The Morgan fingerprint density at radius 3 is 2.65 bits per heavy atom. The highest BCUT2D eigenvalue weighted by Crippen LogP contribution is 2.16. The smallest absolute Gasteiger partial charge is 0.314 e. The number of hydrogen-bond acceptors (Lipinski definition) is 3. The van der Waals surface area contributed by atoms with Gasteiger partial charge in [-0.2, -0.15) is 0 Å². The van der Waals surface area contributed by atoms with Crippen LogP contribution in [0.25, 0.3) is 0 Å². The Labute approximate surface area is 99.9 Å². The molecule has 4 heteroatoms. The van der Waals surface area contributed by atoms with Crippen LogP contribution in [0, 0.1) is 5.92 Å². The first-order valence-electron chi connectivity index (χ1n) is 5.68. The van der Waals surface area contributed by atoms with Crippen LogP contribution in [-0.2, 0) is 16.1 Å². The predicted molar refractivity (Wildman–Crippen MR) is 62.5 cm³/mol. The number of Topliss-reactive ketones (excluding diaryl/α,β-unsaturated/α-hetero) is 1. The number of aliphatic carboxylic acids is 1. The first-order valence-corrected chi connectivity index (χ1v) is 5.68. The van der Waals surface area contributed by atoms with Gasteiger partial charge in [0.15, 0.2) is 5.78 Å². The zero-order valence-electron chi connectivity index (χ0n) is 9.50. The number of ketones is 1. The minimum Gasteiger partial charge on any atom is -0.481 e. The minimum absolute atomic E-state index is 0.181. The molecule has 1 aromatic rings. The standard InChI is InChI=1S/C13H15NO3/c15-12-9-14(7-6-11(12)13(16)17)8-10-4-2-1-3-5-10/h1-5,11H,6-9H2,(H,16,17)/t11-/m1/s1. The third-order valence-electron chi connectivity index (χ3n) is 3.05. The van der Waals surface area contributed by atoms with Crippen LogP contribution in [0.1, 0.15) is 12.0 Å². The number of carbonyl (C=O) groups excluding carboxylic acids is 1. The molecule has 0 bridgehead atoms. The molecule has 0 radical (unpaired) electrons. The second-order valence-corrected chi connectivity index (χ2v) is 4.34. The highest BCUT2D eigenvalue weighted by atomic mass is 16.4. The van der Waals surface area contributed by atoms with Crippen molar-refractivity contribution in [2.45, 2.75) is 13.0 Å². The largest absolute Gasteiger partial charge is 0.481 e. The van der Waals surface area contributed by atoms with Crippen LogP contribution in [-0.4, -0.2) is 34.8 Å². The van der Waals surface area contributed by atoms with Crippen molar-refractivity contribution in [2.75, 3.05) is 13.1 Å². The van der Waals surface area contributed by atoms with Crippen LogP contribution < -0.4 is 0 Å². The molecule has 1 aromatic carbocycles. The maximum Gasteiger partial charge on any atom is 0.314 e. The number of carboxylic acids is 1. The van der Waals surface area contributed by atoms with Gasteiger partial charge in [0.2, 0.25) is 0 Å². The molecule has 1 atom stereocenters. The lowest BCUT2D eigenvalue weighted by atomic mass is 9.95. The molecule has 90 valence electrons. The van der Waals surface area contributed by atoms with E-state index >= 15 is 0 Å². The summed E-state index contributed by atoms with van der Waals surface area (Å²) in [5.74, 6) is -1.98. The molecule has 4 nitrogen and oxygen atoms in total. The van der Waals surface area contributed by atoms with Gasteiger partial charge >= 0.3 is 5.97 Å². The molecule has 0 spiro atoms. The molecule has 1 N–H and O–H groups in total. The SMILES string of the molecule is O=C(O)[C@@H]1CCN(Cc2ccccc2)CC1=O. The predicted octanol–water partition coefficient (Wildman–Crippen LogP) is 1.16. The average Bonchev–Trinajstić information content (AvgIpc) is 2.30. The molecule has 0 saturated carbocycles. The fourth-order valence-electron chi connectivity index (χ4n) is 2.12. The highest BCUT2D eigenvalue weighted by molar-refractivity contribution is 5.99. The fraction of sp³-hybridized carbons (Fsp3) is 0.385. The Hall–Kier alpha value is -1.68. The van der Waals surface area contributed by atoms with E-state index < -0.39 is 11.9 Å². The van der Waals surface area contributed by atoms with Gasteiger partial charge in [-0.05, 0) is 12.0 Å². The van der Waals surface area contributed by atoms with Gasteiger partial charge in [0.05, 0.1) is 6.54 Å². The van der Waals surface area contributed by atoms with E-state index in [2.05, 4.69) is 0 Å². The second kappa shape index (κ2) is 5.10. The van der Waals surface area contributed by atoms with Crippen LogP contribution in [0.2, 0.25) is 0 Å². The highest BCUT2D eigenvalue weighted by Gasteiger charge is 2.31. The molecule has 1 heterocycles. The molecule has 0 aliphatic carbocycles. The first-order chi connectivity index (χ1) is 8.16. The lowest BCUT2D eigenvalue weighted by Gasteiger charge is -2.28. The zero-order valence-corrected chi connectivity index (χ0v) is 9.50. The number of benzene rings is 1. The quantitative estimate of drug-likeness (QED) is 0.796. The van der Waals surface area contributed by atoms with Crippen molar-refractivity contribution < 1.29 is 14.7 Å². The molecule has 17 heavy (non-hydrogen) atoms. The van der Waals surface area contributed by atoms with Gasteiger partial charge in [-0.1, -0.05) is 30.3 Å². The van der Waals surface area contributed by atoms with E-state index in [-0.39, 0.29) is 12.3 Å². The molecule has 1 aliphatic rings. The number of rotatable bonds is 3. The molecule has 2 rings (SSSR count). The van der Waals surface area contributed by atoms with E-state index in [1.54, 1.807) is 0 Å². The number of hydrogen-bond donors (Lipinski definition) is 1. The summed E-state index contributed by atoms with van der Waals surface area (Å²) in [5, 5.41) is 8.85. The van der Waals surface area contributed by atoms with E-state index in [1.807, 2.05) is 35.2 Å². The van der Waals surface area contributed by atoms with Gasteiger partial charge in [0, 0.05) is 13.1 Å². The van der Waals surface area contributed by atoms with E-state index in [0.717, 1.165) is 5.56 Å². The monoisotopic (exact) mass is 233 g/mol. The summed E-state index contributed by atoms with van der Waals surface area (Å²) in [6.07, 6.45) is 0.418. The van der Waals surface area contributed by atoms with Crippen molar-refractivity contribution in [1.82, 2.24) is 4.90 Å². The van der Waals surface area contributed by atoms with Crippen LogP contribution in [0.5, 0.6) is 0 Å². The van der Waals surface area contributed by atoms with Crippen molar-refractivity contribution in [3.05, 3.63) is 35.9 Å². The summed E-state index contributed by atoms with van der Waals surface area (Å²) >= 11 is 0. The molecule has 1 saturated heterocycles. The first kappa shape index (κ1) is 11.8. The lowest BCUT2D eigenvalue weighted by Crippen LogP contribution is -2.43. The topological polar surface area (TPSA) is 57.6 Å². The number of nitrogens with zero attached hydrogens (tertiary/aromatic N) is 1. The Balaban J connectivity index is 1.94. The maximum atomic E-state index is 11.6. The van der Waals surface area contributed by atoms with Crippen LogP contribution in [0.4, 0.5) is 0 Å². The molecule has 1 aliphatic heterocycles. The van der Waals surface area contributed by atoms with Crippen LogP contribution in [0.15, 0.2) is 30.3 Å². The number of carboxylic acid groups (broad SMARTS) is 1. The maximum absolute atomic E-state index is 11.6. The van der Waals surface area contributed by atoms with Gasteiger partial charge in [0.25, 0.3) is 0 Å². The zero-order chi connectivity index (χ0) is 12.3. The summed E-state index contributed by atoms with van der Waals surface area (Å²) in [6, 6.07) is 9.88. The lowest BCUT2D eigenvalue weighted by molar-refractivity contribution is -0.148. The number of carbonyl (C=O) groups is 2. The van der Waals surface area contributed by atoms with E-state index in [4.69, 9.17) is 5.11 Å². The average molecular weight is 233 g/mol. The molecule has 0 aromatic heterocycles. The normalized spacial score (nSPS) is 21.4. The van der Waals surface area contributed by atoms with E-state index in [1.165, 1.54) is 0 Å². The fourth-order valence-corrected chi connectivity index (χ4v) is 2.12. The second-order valence-electron chi connectivity index (χ2n) is 4.34. The number of likely N-dealkylation sites (tertiary alicyclic amines) is 1. The van der Waals surface area contributed by atoms with Gasteiger partial charge in [0.1, 0.15) is 5.92 Å². The van der Waals surface area contributed by atoms with Gasteiger partial charge in [-0.3, -0.25) is 14.5 Å². The van der Waals surface area contributed by atoms with E-state index in [0.29, 0.717) is 19.5 Å². The van der Waals surface area contributed by atoms with Gasteiger partial charge < -0.3 is 5.11 Å². The Morgan fingerprint density at radius 2 is 2.06 bits per heavy atom. The third kappa shape index (κ3) is 2.91. The summed E-state index contributed by atoms with van der Waals surface area (Å²) in [5.41, 5.74) is 1.15. The summed E-state index contributed by atoms with van der Waals surface area (Å²) in [4.78, 5) is 24.4. The Bertz CT molecular complexity index is 416. The summed E-state index contributed by atoms with van der Waals surface area (Å²) in [7, 11) is 0. The minimum atomic E-state index is -0.991. The van der Waals surface area contributed by atoms with Crippen LogP contribution >= 0.6 is 0 Å². The van der Waals surface area contributed by atoms with Crippen molar-refractivity contribution in [2.24, 2.45) is 5.92 Å². The molecule has 1 fully saturated rings. The van der Waals surface area contributed by atoms with Gasteiger partial charge in [-0.25, -0.2) is 0 Å². The number of piperidine rings is 1. The summed E-state index contributed by atoms with van der Waals surface area (Å²) < 4.78 is 0. The molecule has 0 unspecified atom stereocenters. The van der Waals surface area contributed by atoms with E-state index in [9.17, 15) is 9.59 Å². The Kier molecular flexibility index (Phi) is 3.54. The Morgan fingerprint density at radius 1 is 1.35 bits per heavy atom. The van der Waals surface area contributed by atoms with Crippen molar-refractivity contribution >= 4 is 11.8 Å². The van der Waals surface area contributed by atoms with Crippen molar-refractivity contribution in [1.29, 1.82) is 0 Å². The van der Waals surface area contributed by atoms with Crippen molar-refractivity contribution in [3.63, 3.8) is 0 Å². The molecular weight excluding hydrogens is 218 g/mol. The van der Waals surface area contributed by atoms with Gasteiger partial charge in [-0.15, -0.1) is 0 Å². The third-order valence-corrected chi connectivity index (χ3v) is 3.05.